The summed E-state index contributed by atoms with van der Waals surface area (Å²) in [6, 6.07) is 12.8. The summed E-state index contributed by atoms with van der Waals surface area (Å²) >= 11 is 0. The van der Waals surface area contributed by atoms with Crippen LogP contribution in [0.25, 0.3) is 0 Å². The molecule has 2 heterocycles. The molecule has 0 fully saturated rings. The van der Waals surface area contributed by atoms with Crippen molar-refractivity contribution in [2.45, 2.75) is 20.8 Å². The van der Waals surface area contributed by atoms with Crippen LogP contribution in [0.2, 0.25) is 0 Å². The summed E-state index contributed by atoms with van der Waals surface area (Å²) in [5.74, 6) is 0.572. The average molecular weight is 364 g/mol. The van der Waals surface area contributed by atoms with Gasteiger partial charge in [0.2, 0.25) is 5.95 Å². The molecule has 0 spiro atoms. The molecule has 0 aliphatic heterocycles. The van der Waals surface area contributed by atoms with E-state index in [4.69, 9.17) is 4.74 Å². The highest BCUT2D eigenvalue weighted by Crippen LogP contribution is 2.21. The van der Waals surface area contributed by atoms with Gasteiger partial charge in [-0.25, -0.2) is 14.8 Å². The standard InChI is InChI=1S/C19H20N6O2/c1-4-27-18(26)16-8-9-17(25-24-16)22-14-6-5-7-15(11-14)23-19-20-12(2)10-13(3)21-19/h5-11H,4H2,1-3H3,(H,22,25)(H,20,21,23). The van der Waals surface area contributed by atoms with Crippen LogP contribution in [0.3, 0.4) is 0 Å². The van der Waals surface area contributed by atoms with Gasteiger partial charge in [0.15, 0.2) is 11.5 Å². The van der Waals surface area contributed by atoms with Crippen LogP contribution in [0.1, 0.15) is 28.8 Å². The predicted octanol–water partition coefficient (Wildman–Crippen LogP) is 3.55. The first-order chi connectivity index (χ1) is 13.0. The number of anilines is 4. The van der Waals surface area contributed by atoms with Gasteiger partial charge < -0.3 is 15.4 Å². The Bertz CT molecular complexity index is 923. The van der Waals surface area contributed by atoms with E-state index in [9.17, 15) is 4.79 Å². The Kier molecular flexibility index (Phi) is 5.55. The largest absolute Gasteiger partial charge is 0.461 e. The van der Waals surface area contributed by atoms with Gasteiger partial charge in [-0.15, -0.1) is 10.2 Å². The van der Waals surface area contributed by atoms with E-state index in [0.717, 1.165) is 22.8 Å². The van der Waals surface area contributed by atoms with E-state index in [1.807, 2.05) is 44.2 Å². The third kappa shape index (κ3) is 4.97. The molecule has 3 rings (SSSR count). The number of carbonyl (C=O) groups is 1. The van der Waals surface area contributed by atoms with Crippen LogP contribution in [-0.4, -0.2) is 32.7 Å². The highest BCUT2D eigenvalue weighted by Gasteiger charge is 2.09. The summed E-state index contributed by atoms with van der Waals surface area (Å²) < 4.78 is 4.89. The molecule has 27 heavy (non-hydrogen) atoms. The molecule has 2 N–H and O–H groups in total. The molecule has 0 saturated heterocycles. The number of rotatable bonds is 6. The van der Waals surface area contributed by atoms with Crippen molar-refractivity contribution in [3.8, 4) is 0 Å². The average Bonchev–Trinajstić information content (AvgIpc) is 2.62. The Labute approximate surface area is 157 Å². The molecule has 0 bridgehead atoms. The summed E-state index contributed by atoms with van der Waals surface area (Å²) in [5, 5.41) is 14.2. The van der Waals surface area contributed by atoms with E-state index in [0.29, 0.717) is 18.4 Å². The maximum Gasteiger partial charge on any atom is 0.358 e. The SMILES string of the molecule is CCOC(=O)c1ccc(Nc2cccc(Nc3nc(C)cc(C)n3)c2)nn1. The Morgan fingerprint density at radius 1 is 0.963 bits per heavy atom. The molecule has 3 aromatic rings. The molecule has 0 atom stereocenters. The van der Waals surface area contributed by atoms with Crippen molar-refractivity contribution in [1.29, 1.82) is 0 Å². The van der Waals surface area contributed by atoms with Gasteiger partial charge in [0.25, 0.3) is 0 Å². The number of carbonyl (C=O) groups excluding carboxylic acids is 1. The number of benzene rings is 1. The molecule has 0 aliphatic rings. The molecule has 2 aromatic heterocycles. The normalized spacial score (nSPS) is 10.3. The lowest BCUT2D eigenvalue weighted by atomic mass is 10.2. The van der Waals surface area contributed by atoms with Crippen LogP contribution in [0.15, 0.2) is 42.5 Å². The minimum absolute atomic E-state index is 0.171. The fourth-order valence-corrected chi connectivity index (χ4v) is 2.45. The Morgan fingerprint density at radius 3 is 2.30 bits per heavy atom. The van der Waals surface area contributed by atoms with Crippen molar-refractivity contribution in [3.05, 3.63) is 59.5 Å². The number of aromatic nitrogens is 4. The van der Waals surface area contributed by atoms with Crippen LogP contribution >= 0.6 is 0 Å². The van der Waals surface area contributed by atoms with Gasteiger partial charge in [0.05, 0.1) is 6.61 Å². The summed E-state index contributed by atoms with van der Waals surface area (Å²) in [4.78, 5) is 20.4. The number of esters is 1. The smallest absolute Gasteiger partial charge is 0.358 e. The second-order valence-electron chi connectivity index (χ2n) is 5.83. The van der Waals surface area contributed by atoms with E-state index in [-0.39, 0.29) is 5.69 Å². The molecule has 0 unspecified atom stereocenters. The van der Waals surface area contributed by atoms with E-state index < -0.39 is 5.97 Å². The van der Waals surface area contributed by atoms with Crippen LogP contribution in [0.4, 0.5) is 23.1 Å². The summed E-state index contributed by atoms with van der Waals surface area (Å²) in [5.41, 5.74) is 3.61. The number of ether oxygens (including phenoxy) is 1. The van der Waals surface area contributed by atoms with E-state index in [2.05, 4.69) is 30.8 Å². The van der Waals surface area contributed by atoms with Crippen molar-refractivity contribution >= 4 is 29.1 Å². The summed E-state index contributed by atoms with van der Waals surface area (Å²) in [7, 11) is 0. The fourth-order valence-electron chi connectivity index (χ4n) is 2.45. The fraction of sp³-hybridized carbons (Fsp3) is 0.211. The maximum absolute atomic E-state index is 11.6. The number of hydrogen-bond acceptors (Lipinski definition) is 8. The molecular weight excluding hydrogens is 344 g/mol. The molecule has 8 nitrogen and oxygen atoms in total. The number of nitrogens with one attached hydrogen (secondary N) is 2. The molecule has 138 valence electrons. The number of aryl methyl sites for hydroxylation is 2. The Balaban J connectivity index is 1.71. The van der Waals surface area contributed by atoms with Gasteiger partial charge >= 0.3 is 5.97 Å². The lowest BCUT2D eigenvalue weighted by Gasteiger charge is -2.10. The number of nitrogens with zero attached hydrogens (tertiary/aromatic N) is 4. The lowest BCUT2D eigenvalue weighted by molar-refractivity contribution is 0.0518. The summed E-state index contributed by atoms with van der Waals surface area (Å²) in [6.07, 6.45) is 0. The van der Waals surface area contributed by atoms with E-state index >= 15 is 0 Å². The molecule has 8 heteroatoms. The Morgan fingerprint density at radius 2 is 1.67 bits per heavy atom. The molecule has 0 aliphatic carbocycles. The first-order valence-electron chi connectivity index (χ1n) is 8.51. The third-order valence-corrected chi connectivity index (χ3v) is 3.52. The van der Waals surface area contributed by atoms with Crippen molar-refractivity contribution < 1.29 is 9.53 Å². The zero-order valence-electron chi connectivity index (χ0n) is 15.4. The minimum atomic E-state index is -0.490. The summed E-state index contributed by atoms with van der Waals surface area (Å²) in [6.45, 7) is 5.89. The van der Waals surface area contributed by atoms with Crippen LogP contribution in [-0.2, 0) is 4.74 Å². The maximum atomic E-state index is 11.6. The number of hydrogen-bond donors (Lipinski definition) is 2. The second kappa shape index (κ2) is 8.22. The molecular formula is C19H20N6O2. The van der Waals surface area contributed by atoms with Crippen LogP contribution < -0.4 is 10.6 Å². The van der Waals surface area contributed by atoms with Crippen LogP contribution in [0.5, 0.6) is 0 Å². The molecule has 0 amide bonds. The van der Waals surface area contributed by atoms with Crippen molar-refractivity contribution in [2.24, 2.45) is 0 Å². The van der Waals surface area contributed by atoms with Crippen LogP contribution in [0, 0.1) is 13.8 Å². The molecule has 0 saturated carbocycles. The van der Waals surface area contributed by atoms with Gasteiger partial charge in [-0.05, 0) is 57.2 Å². The molecule has 0 radical (unpaired) electrons. The lowest BCUT2D eigenvalue weighted by Crippen LogP contribution is -2.08. The van der Waals surface area contributed by atoms with Gasteiger partial charge in [-0.1, -0.05) is 6.07 Å². The zero-order chi connectivity index (χ0) is 19.2. The Hall–Kier alpha value is -3.55. The monoisotopic (exact) mass is 364 g/mol. The highest BCUT2D eigenvalue weighted by molar-refractivity contribution is 5.87. The predicted molar refractivity (Wildman–Crippen MR) is 103 cm³/mol. The van der Waals surface area contributed by atoms with Gasteiger partial charge in [0, 0.05) is 22.8 Å². The van der Waals surface area contributed by atoms with Crippen molar-refractivity contribution in [3.63, 3.8) is 0 Å². The van der Waals surface area contributed by atoms with Crippen molar-refractivity contribution in [2.75, 3.05) is 17.2 Å². The van der Waals surface area contributed by atoms with Crippen molar-refractivity contribution in [1.82, 2.24) is 20.2 Å². The van der Waals surface area contributed by atoms with Gasteiger partial charge in [-0.3, -0.25) is 0 Å². The quantitative estimate of drug-likeness (QED) is 0.640. The van der Waals surface area contributed by atoms with E-state index in [1.54, 1.807) is 19.1 Å². The second-order valence-corrected chi connectivity index (χ2v) is 5.83. The minimum Gasteiger partial charge on any atom is -0.461 e. The zero-order valence-corrected chi connectivity index (χ0v) is 15.4. The van der Waals surface area contributed by atoms with Gasteiger partial charge in [-0.2, -0.15) is 0 Å². The first kappa shape index (κ1) is 18.2. The third-order valence-electron chi connectivity index (χ3n) is 3.52. The topological polar surface area (TPSA) is 102 Å². The van der Waals surface area contributed by atoms with E-state index in [1.165, 1.54) is 0 Å². The van der Waals surface area contributed by atoms with Gasteiger partial charge in [0.1, 0.15) is 0 Å². The highest BCUT2D eigenvalue weighted by atomic mass is 16.5. The first-order valence-corrected chi connectivity index (χ1v) is 8.51. The molecule has 1 aromatic carbocycles.